The van der Waals surface area contributed by atoms with Gasteiger partial charge in [0.25, 0.3) is 0 Å². The van der Waals surface area contributed by atoms with Gasteiger partial charge < -0.3 is 5.11 Å². The Morgan fingerprint density at radius 1 is 0.958 bits per heavy atom. The van der Waals surface area contributed by atoms with E-state index in [0.717, 1.165) is 18.4 Å². The van der Waals surface area contributed by atoms with Crippen LogP contribution in [0.3, 0.4) is 0 Å². The minimum absolute atomic E-state index is 0.0458. The van der Waals surface area contributed by atoms with E-state index >= 15 is 0 Å². The zero-order valence-corrected chi connectivity index (χ0v) is 18.4. The molecular formula is C23H44O. The molecule has 0 spiro atoms. The van der Waals surface area contributed by atoms with Crippen LogP contribution in [0.4, 0.5) is 0 Å². The molecule has 0 aliphatic heterocycles. The number of allylic oxidation sites excluding steroid dienone is 5. The summed E-state index contributed by atoms with van der Waals surface area (Å²) >= 11 is 0. The molecule has 0 amide bonds. The lowest BCUT2D eigenvalue weighted by atomic mass is 9.79. The number of aliphatic hydroxyl groups excluding tert-OH is 1. The molecule has 0 heterocycles. The summed E-state index contributed by atoms with van der Waals surface area (Å²) in [5, 5.41) is 10.5. The van der Waals surface area contributed by atoms with Crippen molar-refractivity contribution in [3.63, 3.8) is 0 Å². The van der Waals surface area contributed by atoms with Crippen LogP contribution in [-0.2, 0) is 0 Å². The normalized spacial score (nSPS) is 15.0. The molecule has 24 heavy (non-hydrogen) atoms. The molecule has 142 valence electrons. The Morgan fingerprint density at radius 3 is 1.71 bits per heavy atom. The van der Waals surface area contributed by atoms with Crippen LogP contribution in [0.15, 0.2) is 35.6 Å². The lowest BCUT2D eigenvalue weighted by Gasteiger charge is -2.27. The van der Waals surface area contributed by atoms with Crippen LogP contribution >= 0.6 is 0 Å². The van der Waals surface area contributed by atoms with Crippen LogP contribution in [0.1, 0.15) is 89.0 Å². The lowest BCUT2D eigenvalue weighted by molar-refractivity contribution is 0.275. The first-order valence-corrected chi connectivity index (χ1v) is 9.62. The Balaban J connectivity index is 0. The van der Waals surface area contributed by atoms with Crippen LogP contribution in [0.5, 0.6) is 0 Å². The van der Waals surface area contributed by atoms with E-state index in [1.807, 2.05) is 40.7 Å². The van der Waals surface area contributed by atoms with Crippen molar-refractivity contribution < 1.29 is 5.11 Å². The summed E-state index contributed by atoms with van der Waals surface area (Å²) in [5.74, 6) is 1.44. The third-order valence-corrected chi connectivity index (χ3v) is 4.21. The summed E-state index contributed by atoms with van der Waals surface area (Å²) in [6.07, 6.45) is 6.46. The second-order valence-electron chi connectivity index (χ2n) is 8.84. The summed E-state index contributed by atoms with van der Waals surface area (Å²) in [6, 6.07) is 0. The maximum atomic E-state index is 10.5. The van der Waals surface area contributed by atoms with Crippen LogP contribution in [0, 0.1) is 22.7 Å². The average molecular weight is 337 g/mol. The van der Waals surface area contributed by atoms with Crippen molar-refractivity contribution in [2.45, 2.75) is 89.0 Å². The highest BCUT2D eigenvalue weighted by Crippen LogP contribution is 2.34. The van der Waals surface area contributed by atoms with E-state index in [0.29, 0.717) is 17.6 Å². The third-order valence-electron chi connectivity index (χ3n) is 4.21. The van der Waals surface area contributed by atoms with Crippen molar-refractivity contribution in [3.8, 4) is 0 Å². The largest absolute Gasteiger partial charge is 0.512 e. The third kappa shape index (κ3) is 9.35. The molecule has 0 aromatic heterocycles. The fraction of sp³-hybridized carbons (Fsp3) is 0.739. The van der Waals surface area contributed by atoms with Crippen molar-refractivity contribution in [3.05, 3.63) is 35.6 Å². The molecule has 0 rings (SSSR count). The van der Waals surface area contributed by atoms with Gasteiger partial charge in [-0.25, -0.2) is 0 Å². The SMILES string of the molecule is C=C(/C=C(\C=C(/O)C(C)(C)C)C(CCC)C(C)C)C(C)(C)C.CC. The maximum absolute atomic E-state index is 10.5. The molecule has 0 fully saturated rings. The number of aliphatic hydroxyl groups is 1. The Labute approximate surface area is 152 Å². The summed E-state index contributed by atoms with van der Waals surface area (Å²) in [5.41, 5.74) is 2.14. The van der Waals surface area contributed by atoms with E-state index in [9.17, 15) is 5.11 Å². The first-order valence-electron chi connectivity index (χ1n) is 9.62. The molecule has 0 bridgehead atoms. The molecule has 0 radical (unpaired) electrons. The van der Waals surface area contributed by atoms with E-state index in [4.69, 9.17) is 0 Å². The van der Waals surface area contributed by atoms with Gasteiger partial charge in [0, 0.05) is 5.41 Å². The van der Waals surface area contributed by atoms with Gasteiger partial charge in [-0.3, -0.25) is 0 Å². The molecule has 1 heteroatoms. The van der Waals surface area contributed by atoms with Gasteiger partial charge in [0.05, 0.1) is 5.76 Å². The Kier molecular flexibility index (Phi) is 11.4. The Hall–Kier alpha value is -0.980. The molecule has 0 saturated heterocycles. The average Bonchev–Trinajstić information content (AvgIpc) is 2.43. The monoisotopic (exact) mass is 336 g/mol. The van der Waals surface area contributed by atoms with Crippen molar-refractivity contribution >= 4 is 0 Å². The van der Waals surface area contributed by atoms with Crippen molar-refractivity contribution in [1.82, 2.24) is 0 Å². The Morgan fingerprint density at radius 2 is 1.42 bits per heavy atom. The van der Waals surface area contributed by atoms with E-state index < -0.39 is 0 Å². The minimum Gasteiger partial charge on any atom is -0.512 e. The molecule has 1 atom stereocenters. The fourth-order valence-corrected chi connectivity index (χ4v) is 2.24. The van der Waals surface area contributed by atoms with E-state index in [1.165, 1.54) is 5.57 Å². The highest BCUT2D eigenvalue weighted by Gasteiger charge is 2.22. The summed E-state index contributed by atoms with van der Waals surface area (Å²) < 4.78 is 0. The smallest absolute Gasteiger partial charge is 0.0978 e. The van der Waals surface area contributed by atoms with E-state index in [2.05, 4.69) is 54.2 Å². The molecule has 1 nitrogen and oxygen atoms in total. The fourth-order valence-electron chi connectivity index (χ4n) is 2.24. The van der Waals surface area contributed by atoms with Gasteiger partial charge in [0.2, 0.25) is 0 Å². The summed E-state index contributed by atoms with van der Waals surface area (Å²) in [7, 11) is 0. The van der Waals surface area contributed by atoms with E-state index in [1.54, 1.807) is 0 Å². The highest BCUT2D eigenvalue weighted by atomic mass is 16.3. The summed E-state index contributed by atoms with van der Waals surface area (Å²) in [6.45, 7) is 27.7. The van der Waals surface area contributed by atoms with Gasteiger partial charge in [-0.2, -0.15) is 0 Å². The maximum Gasteiger partial charge on any atom is 0.0978 e. The summed E-state index contributed by atoms with van der Waals surface area (Å²) in [4.78, 5) is 0. The Bertz CT molecular complexity index is 422. The van der Waals surface area contributed by atoms with Gasteiger partial charge in [-0.15, -0.1) is 0 Å². The van der Waals surface area contributed by atoms with Gasteiger partial charge in [0.1, 0.15) is 0 Å². The van der Waals surface area contributed by atoms with Crippen molar-refractivity contribution in [1.29, 1.82) is 0 Å². The molecule has 0 saturated carbocycles. The van der Waals surface area contributed by atoms with Crippen molar-refractivity contribution in [2.75, 3.05) is 0 Å². The molecule has 0 aromatic carbocycles. The first kappa shape index (κ1) is 25.3. The lowest BCUT2D eigenvalue weighted by Crippen LogP contribution is -2.16. The van der Waals surface area contributed by atoms with Gasteiger partial charge in [-0.1, -0.05) is 95.2 Å². The van der Waals surface area contributed by atoms with E-state index in [-0.39, 0.29) is 10.8 Å². The van der Waals surface area contributed by atoms with Gasteiger partial charge >= 0.3 is 0 Å². The van der Waals surface area contributed by atoms with Crippen molar-refractivity contribution in [2.24, 2.45) is 22.7 Å². The minimum atomic E-state index is -0.226. The second-order valence-corrected chi connectivity index (χ2v) is 8.84. The predicted octanol–water partition coefficient (Wildman–Crippen LogP) is 8.10. The molecule has 1 N–H and O–H groups in total. The molecule has 0 aromatic rings. The zero-order valence-electron chi connectivity index (χ0n) is 18.4. The van der Waals surface area contributed by atoms with Crippen LogP contribution in [0.2, 0.25) is 0 Å². The van der Waals surface area contributed by atoms with Crippen LogP contribution in [-0.4, -0.2) is 5.11 Å². The topological polar surface area (TPSA) is 20.2 Å². The van der Waals surface area contributed by atoms with Gasteiger partial charge in [0.15, 0.2) is 0 Å². The highest BCUT2D eigenvalue weighted by molar-refractivity contribution is 5.35. The number of hydrogen-bond donors (Lipinski definition) is 1. The quantitative estimate of drug-likeness (QED) is 0.383. The number of rotatable bonds is 6. The molecular weight excluding hydrogens is 292 g/mol. The standard InChI is InChI=1S/C21H38O.C2H6/c1-11-12-18(15(2)3)17(13-16(4)20(5,6)7)14-19(22)21(8,9)10;1-2/h13-15,18,22H,4,11-12H2,1-3,5-10H3;1-2H3/b17-13+,19-14-;. The van der Waals surface area contributed by atoms with Crippen LogP contribution in [0.25, 0.3) is 0 Å². The number of hydrogen-bond acceptors (Lipinski definition) is 1. The second kappa shape index (κ2) is 10.8. The van der Waals surface area contributed by atoms with Crippen LogP contribution < -0.4 is 0 Å². The zero-order chi connectivity index (χ0) is 19.7. The molecule has 0 aliphatic rings. The molecule has 0 aliphatic carbocycles. The predicted molar refractivity (Wildman–Crippen MR) is 111 cm³/mol. The molecule has 1 unspecified atom stereocenters. The first-order chi connectivity index (χ1) is 10.8. The van der Waals surface area contributed by atoms with Gasteiger partial charge in [-0.05, 0) is 40.9 Å².